The van der Waals surface area contributed by atoms with Crippen LogP contribution in [0, 0.1) is 0 Å². The Morgan fingerprint density at radius 2 is 2.14 bits per heavy atom. The van der Waals surface area contributed by atoms with E-state index in [1.165, 1.54) is 0 Å². The Balaban J connectivity index is 2.24. The molecule has 0 saturated carbocycles. The fourth-order valence-corrected chi connectivity index (χ4v) is 2.53. The van der Waals surface area contributed by atoms with Crippen LogP contribution in [0.4, 0.5) is 0 Å². The van der Waals surface area contributed by atoms with Crippen molar-refractivity contribution in [2.75, 3.05) is 6.61 Å². The van der Waals surface area contributed by atoms with E-state index in [0.717, 1.165) is 18.5 Å². The van der Waals surface area contributed by atoms with Crippen molar-refractivity contribution in [3.63, 3.8) is 0 Å². The van der Waals surface area contributed by atoms with Crippen molar-refractivity contribution < 1.29 is 14.3 Å². The van der Waals surface area contributed by atoms with Crippen molar-refractivity contribution in [1.29, 1.82) is 0 Å². The summed E-state index contributed by atoms with van der Waals surface area (Å²) in [7, 11) is 0. The van der Waals surface area contributed by atoms with Crippen LogP contribution in [0.5, 0.6) is 11.5 Å². The summed E-state index contributed by atoms with van der Waals surface area (Å²) >= 11 is 3.42. The Labute approximate surface area is 132 Å². The van der Waals surface area contributed by atoms with E-state index in [1.54, 1.807) is 24.7 Å². The highest BCUT2D eigenvalue weighted by atomic mass is 79.9. The van der Waals surface area contributed by atoms with E-state index in [0.29, 0.717) is 34.7 Å². The summed E-state index contributed by atoms with van der Waals surface area (Å²) in [5, 5.41) is 0. The molecule has 0 unspecified atom stereocenters. The lowest BCUT2D eigenvalue weighted by Crippen LogP contribution is -2.05. The zero-order chi connectivity index (χ0) is 15.2. The van der Waals surface area contributed by atoms with Crippen LogP contribution < -0.4 is 9.47 Å². The molecule has 21 heavy (non-hydrogen) atoms. The summed E-state index contributed by atoms with van der Waals surface area (Å²) in [6, 6.07) is 3.38. The molecule has 112 valence electrons. The summed E-state index contributed by atoms with van der Waals surface area (Å²) in [5.74, 6) is 1.14. The molecule has 0 saturated heterocycles. The van der Waals surface area contributed by atoms with Crippen LogP contribution in [0.1, 0.15) is 29.9 Å². The molecular formula is C15H17BrN2O3. The van der Waals surface area contributed by atoms with Gasteiger partial charge in [0.15, 0.2) is 11.5 Å². The molecule has 0 aliphatic rings. The quantitative estimate of drug-likeness (QED) is 0.716. The second-order valence-electron chi connectivity index (χ2n) is 4.34. The number of carbonyl (C=O) groups is 1. The lowest BCUT2D eigenvalue weighted by Gasteiger charge is -2.14. The smallest absolute Gasteiger partial charge is 0.175 e. The molecule has 2 aromatic rings. The molecule has 0 amide bonds. The minimum atomic E-state index is 0.382. The van der Waals surface area contributed by atoms with Crippen molar-refractivity contribution in [2.24, 2.45) is 0 Å². The topological polar surface area (TPSA) is 53.4 Å². The first kappa shape index (κ1) is 15.6. The van der Waals surface area contributed by atoms with Crippen LogP contribution >= 0.6 is 15.9 Å². The number of aldehydes is 1. The van der Waals surface area contributed by atoms with E-state index in [2.05, 4.69) is 20.9 Å². The van der Waals surface area contributed by atoms with Crippen molar-refractivity contribution in [1.82, 2.24) is 9.55 Å². The normalized spacial score (nSPS) is 10.4. The average Bonchev–Trinajstić information content (AvgIpc) is 2.94. The first-order valence-electron chi connectivity index (χ1n) is 6.72. The molecule has 0 aliphatic carbocycles. The summed E-state index contributed by atoms with van der Waals surface area (Å²) in [5.41, 5.74) is 1.52. The molecule has 6 heteroatoms. The minimum Gasteiger partial charge on any atom is -0.490 e. The first-order valence-corrected chi connectivity index (χ1v) is 7.52. The van der Waals surface area contributed by atoms with Gasteiger partial charge in [-0.25, -0.2) is 4.98 Å². The van der Waals surface area contributed by atoms with Gasteiger partial charge in [-0.2, -0.15) is 0 Å². The zero-order valence-electron chi connectivity index (χ0n) is 12.0. The standard InChI is InChI=1S/C15H17BrN2O3/c1-3-18-10-17-7-12(18)9-21-15-13(16)5-11(8-19)6-14(15)20-4-2/h5-8,10H,3-4,9H2,1-2H3. The van der Waals surface area contributed by atoms with Crippen LogP contribution in [0.3, 0.4) is 0 Å². The molecule has 0 bridgehead atoms. The summed E-state index contributed by atoms with van der Waals surface area (Å²) < 4.78 is 14.1. The van der Waals surface area contributed by atoms with Gasteiger partial charge in [-0.1, -0.05) is 0 Å². The number of nitrogens with zero attached hydrogens (tertiary/aromatic N) is 2. The van der Waals surface area contributed by atoms with Gasteiger partial charge in [-0.15, -0.1) is 0 Å². The Bertz CT molecular complexity index is 625. The van der Waals surface area contributed by atoms with Gasteiger partial charge in [0.1, 0.15) is 12.9 Å². The number of carbonyl (C=O) groups excluding carboxylic acids is 1. The van der Waals surface area contributed by atoms with Crippen LogP contribution in [-0.2, 0) is 13.2 Å². The summed E-state index contributed by atoms with van der Waals surface area (Å²) in [4.78, 5) is 15.0. The van der Waals surface area contributed by atoms with Crippen molar-refractivity contribution in [3.05, 3.63) is 40.4 Å². The molecule has 1 aromatic carbocycles. The molecular weight excluding hydrogens is 336 g/mol. The van der Waals surface area contributed by atoms with E-state index >= 15 is 0 Å². The number of aryl methyl sites for hydroxylation is 1. The predicted octanol–water partition coefficient (Wildman–Crippen LogP) is 3.46. The fraction of sp³-hybridized carbons (Fsp3) is 0.333. The van der Waals surface area contributed by atoms with Crippen molar-refractivity contribution in [2.45, 2.75) is 27.0 Å². The Morgan fingerprint density at radius 3 is 2.81 bits per heavy atom. The van der Waals surface area contributed by atoms with Crippen molar-refractivity contribution >= 4 is 22.2 Å². The molecule has 0 spiro atoms. The van der Waals surface area contributed by atoms with E-state index < -0.39 is 0 Å². The number of ether oxygens (including phenoxy) is 2. The van der Waals surface area contributed by atoms with E-state index in [9.17, 15) is 4.79 Å². The molecule has 0 fully saturated rings. The van der Waals surface area contributed by atoms with Gasteiger partial charge in [0.05, 0.1) is 29.3 Å². The third-order valence-corrected chi connectivity index (χ3v) is 3.56. The number of benzene rings is 1. The highest BCUT2D eigenvalue weighted by Gasteiger charge is 2.13. The molecule has 0 radical (unpaired) electrons. The maximum atomic E-state index is 10.9. The lowest BCUT2D eigenvalue weighted by atomic mass is 10.2. The van der Waals surface area contributed by atoms with E-state index in [-0.39, 0.29) is 0 Å². The third-order valence-electron chi connectivity index (χ3n) is 2.97. The van der Waals surface area contributed by atoms with Gasteiger partial charge < -0.3 is 14.0 Å². The molecule has 1 aromatic heterocycles. The molecule has 0 N–H and O–H groups in total. The van der Waals surface area contributed by atoms with Crippen LogP contribution in [-0.4, -0.2) is 22.4 Å². The summed E-state index contributed by atoms with van der Waals surface area (Å²) in [6.07, 6.45) is 4.33. The van der Waals surface area contributed by atoms with Crippen molar-refractivity contribution in [3.8, 4) is 11.5 Å². The average molecular weight is 353 g/mol. The van der Waals surface area contributed by atoms with Gasteiger partial charge in [0, 0.05) is 12.1 Å². The monoisotopic (exact) mass is 352 g/mol. The molecule has 5 nitrogen and oxygen atoms in total. The number of rotatable bonds is 7. The maximum Gasteiger partial charge on any atom is 0.175 e. The number of hydrogen-bond donors (Lipinski definition) is 0. The van der Waals surface area contributed by atoms with Gasteiger partial charge in [0.25, 0.3) is 0 Å². The Morgan fingerprint density at radius 1 is 1.33 bits per heavy atom. The summed E-state index contributed by atoms with van der Waals surface area (Å²) in [6.45, 7) is 5.65. The first-order chi connectivity index (χ1) is 10.2. The molecule has 2 rings (SSSR count). The maximum absolute atomic E-state index is 10.9. The van der Waals surface area contributed by atoms with Crippen LogP contribution in [0.15, 0.2) is 29.1 Å². The highest BCUT2D eigenvalue weighted by Crippen LogP contribution is 2.37. The van der Waals surface area contributed by atoms with E-state index in [1.807, 2.05) is 18.4 Å². The SMILES string of the molecule is CCOc1cc(C=O)cc(Br)c1OCc1cncn1CC. The van der Waals surface area contributed by atoms with Gasteiger partial charge in [0.2, 0.25) is 0 Å². The number of hydrogen-bond acceptors (Lipinski definition) is 4. The van der Waals surface area contributed by atoms with Gasteiger partial charge in [-0.05, 0) is 41.9 Å². The number of aromatic nitrogens is 2. The highest BCUT2D eigenvalue weighted by molar-refractivity contribution is 9.10. The predicted molar refractivity (Wildman–Crippen MR) is 82.9 cm³/mol. The molecule has 1 heterocycles. The van der Waals surface area contributed by atoms with Gasteiger partial charge in [-0.3, -0.25) is 4.79 Å². The van der Waals surface area contributed by atoms with E-state index in [4.69, 9.17) is 9.47 Å². The lowest BCUT2D eigenvalue weighted by molar-refractivity contribution is 0.112. The Hall–Kier alpha value is -1.82. The Kier molecular flexibility index (Phi) is 5.38. The second-order valence-corrected chi connectivity index (χ2v) is 5.19. The molecule has 0 aliphatic heterocycles. The second kappa shape index (κ2) is 7.26. The fourth-order valence-electron chi connectivity index (χ4n) is 1.96. The number of halogens is 1. The minimum absolute atomic E-state index is 0.382. The van der Waals surface area contributed by atoms with Crippen LogP contribution in [0.2, 0.25) is 0 Å². The van der Waals surface area contributed by atoms with Gasteiger partial charge >= 0.3 is 0 Å². The third kappa shape index (κ3) is 3.64. The molecule has 0 atom stereocenters. The largest absolute Gasteiger partial charge is 0.490 e. The zero-order valence-corrected chi connectivity index (χ0v) is 13.6. The van der Waals surface area contributed by atoms with Crippen LogP contribution in [0.25, 0.3) is 0 Å². The number of imidazole rings is 1.